The number of anilines is 2. The first-order chi connectivity index (χ1) is 13.4. The van der Waals surface area contributed by atoms with Crippen molar-refractivity contribution in [2.24, 2.45) is 0 Å². The van der Waals surface area contributed by atoms with E-state index < -0.39 is 6.04 Å². The Balaban J connectivity index is 1.60. The second-order valence-corrected chi connectivity index (χ2v) is 6.87. The topological polar surface area (TPSA) is 74.3 Å². The molecule has 0 fully saturated rings. The molecular formula is C22H24N4O2. The Bertz CT molecular complexity index is 980. The molecule has 3 rings (SSSR count). The van der Waals surface area contributed by atoms with Gasteiger partial charge in [0.2, 0.25) is 11.8 Å². The minimum absolute atomic E-state index is 0.111. The Morgan fingerprint density at radius 3 is 2.54 bits per heavy atom. The normalized spacial score (nSPS) is 12.0. The van der Waals surface area contributed by atoms with E-state index in [4.69, 9.17) is 0 Å². The summed E-state index contributed by atoms with van der Waals surface area (Å²) in [6, 6.07) is 16.5. The molecule has 1 heterocycles. The highest BCUT2D eigenvalue weighted by Crippen LogP contribution is 2.21. The average Bonchev–Trinajstić information content (AvgIpc) is 2.69. The molecule has 28 heavy (non-hydrogen) atoms. The fourth-order valence-electron chi connectivity index (χ4n) is 2.85. The molecule has 0 aliphatic heterocycles. The first-order valence-corrected chi connectivity index (χ1v) is 9.15. The summed E-state index contributed by atoms with van der Waals surface area (Å²) in [4.78, 5) is 31.0. The summed E-state index contributed by atoms with van der Waals surface area (Å²) in [5, 5.41) is 6.67. The number of carbonyl (C=O) groups excluding carboxylic acids is 2. The minimum Gasteiger partial charge on any atom is -0.325 e. The zero-order valence-electron chi connectivity index (χ0n) is 16.3. The molecule has 3 aromatic rings. The largest absolute Gasteiger partial charge is 0.325 e. The summed E-state index contributed by atoms with van der Waals surface area (Å²) in [5.74, 6) is -0.345. The number of pyridine rings is 1. The first kappa shape index (κ1) is 19.5. The number of nitrogens with zero attached hydrogens (tertiary/aromatic N) is 2. The molecule has 0 bridgehead atoms. The van der Waals surface area contributed by atoms with E-state index in [9.17, 15) is 9.59 Å². The van der Waals surface area contributed by atoms with Crippen molar-refractivity contribution in [3.05, 3.63) is 66.4 Å². The molecule has 2 aromatic carbocycles. The smallest absolute Gasteiger partial charge is 0.241 e. The van der Waals surface area contributed by atoms with Gasteiger partial charge in [-0.1, -0.05) is 23.8 Å². The molecule has 2 N–H and O–H groups in total. The molecule has 6 nitrogen and oxygen atoms in total. The molecule has 0 saturated heterocycles. The molecule has 0 aliphatic carbocycles. The van der Waals surface area contributed by atoms with Crippen molar-refractivity contribution < 1.29 is 9.59 Å². The number of likely N-dealkylation sites (N-methyl/N-ethyl adjacent to an activating group) is 1. The van der Waals surface area contributed by atoms with Crippen LogP contribution in [0.4, 0.5) is 11.4 Å². The number of aromatic nitrogens is 1. The highest BCUT2D eigenvalue weighted by Gasteiger charge is 2.21. The fourth-order valence-corrected chi connectivity index (χ4v) is 2.85. The lowest BCUT2D eigenvalue weighted by molar-refractivity contribution is -0.122. The lowest BCUT2D eigenvalue weighted by atomic mass is 10.1. The molecule has 0 spiro atoms. The van der Waals surface area contributed by atoms with Crippen LogP contribution in [0.1, 0.15) is 12.5 Å². The SMILES string of the molecule is Cc1ccc(NC(=O)CN(C)[C@@H](C)C(=O)Nc2cccc3ncccc23)cc1. The summed E-state index contributed by atoms with van der Waals surface area (Å²) in [6.07, 6.45) is 1.72. The van der Waals surface area contributed by atoms with E-state index in [2.05, 4.69) is 15.6 Å². The zero-order valence-corrected chi connectivity index (χ0v) is 16.3. The van der Waals surface area contributed by atoms with Gasteiger partial charge in [0.25, 0.3) is 0 Å². The second kappa shape index (κ2) is 8.63. The summed E-state index contributed by atoms with van der Waals surface area (Å²) in [6.45, 7) is 3.88. The van der Waals surface area contributed by atoms with Crippen LogP contribution in [0.15, 0.2) is 60.8 Å². The van der Waals surface area contributed by atoms with Crippen molar-refractivity contribution >= 4 is 34.1 Å². The average molecular weight is 376 g/mol. The lowest BCUT2D eigenvalue weighted by Gasteiger charge is -2.23. The van der Waals surface area contributed by atoms with E-state index >= 15 is 0 Å². The van der Waals surface area contributed by atoms with Gasteiger partial charge in [0, 0.05) is 17.3 Å². The number of hydrogen-bond acceptors (Lipinski definition) is 4. The van der Waals surface area contributed by atoms with Gasteiger partial charge in [-0.05, 0) is 57.3 Å². The summed E-state index contributed by atoms with van der Waals surface area (Å²) >= 11 is 0. The Morgan fingerprint density at radius 1 is 1.04 bits per heavy atom. The van der Waals surface area contributed by atoms with Crippen LogP contribution in [0, 0.1) is 6.92 Å². The van der Waals surface area contributed by atoms with Gasteiger partial charge >= 0.3 is 0 Å². The molecular weight excluding hydrogens is 352 g/mol. The maximum atomic E-state index is 12.7. The van der Waals surface area contributed by atoms with Crippen LogP contribution >= 0.6 is 0 Å². The monoisotopic (exact) mass is 376 g/mol. The fraction of sp³-hybridized carbons (Fsp3) is 0.227. The molecule has 0 radical (unpaired) electrons. The number of fused-ring (bicyclic) bond motifs is 1. The maximum Gasteiger partial charge on any atom is 0.241 e. The Kier molecular flexibility index (Phi) is 6.01. The number of hydrogen-bond donors (Lipinski definition) is 2. The van der Waals surface area contributed by atoms with E-state index in [-0.39, 0.29) is 18.4 Å². The van der Waals surface area contributed by atoms with Crippen LogP contribution in [0.5, 0.6) is 0 Å². The van der Waals surface area contributed by atoms with Crippen LogP contribution in [-0.4, -0.2) is 41.3 Å². The standard InChI is InChI=1S/C22H24N4O2/c1-15-9-11-17(12-10-15)24-21(27)14-26(3)16(2)22(28)25-20-8-4-7-19-18(20)6-5-13-23-19/h4-13,16H,14H2,1-3H3,(H,24,27)(H,25,28)/t16-/m0/s1. The molecule has 2 amide bonds. The molecule has 1 atom stereocenters. The number of benzene rings is 2. The quantitative estimate of drug-likeness (QED) is 0.691. The molecule has 0 unspecified atom stereocenters. The van der Waals surface area contributed by atoms with Gasteiger partial charge in [-0.3, -0.25) is 19.5 Å². The summed E-state index contributed by atoms with van der Waals surface area (Å²) in [5.41, 5.74) is 3.40. The van der Waals surface area contributed by atoms with Gasteiger partial charge in [-0.2, -0.15) is 0 Å². The predicted octanol–water partition coefficient (Wildman–Crippen LogP) is 3.44. The number of aryl methyl sites for hydroxylation is 1. The third-order valence-corrected chi connectivity index (χ3v) is 4.67. The predicted molar refractivity (Wildman–Crippen MR) is 112 cm³/mol. The van der Waals surface area contributed by atoms with Gasteiger partial charge in [0.1, 0.15) is 0 Å². The molecule has 0 saturated carbocycles. The van der Waals surface area contributed by atoms with E-state index in [1.165, 1.54) is 0 Å². The Labute approximate surface area is 164 Å². The van der Waals surface area contributed by atoms with E-state index in [1.54, 1.807) is 25.1 Å². The van der Waals surface area contributed by atoms with Crippen molar-refractivity contribution in [2.45, 2.75) is 19.9 Å². The maximum absolute atomic E-state index is 12.7. The van der Waals surface area contributed by atoms with E-state index in [0.29, 0.717) is 5.69 Å². The van der Waals surface area contributed by atoms with Crippen LogP contribution in [0.3, 0.4) is 0 Å². The van der Waals surface area contributed by atoms with Crippen molar-refractivity contribution in [3.63, 3.8) is 0 Å². The van der Waals surface area contributed by atoms with E-state index in [1.807, 2.05) is 61.5 Å². The van der Waals surface area contributed by atoms with Gasteiger partial charge < -0.3 is 10.6 Å². The highest BCUT2D eigenvalue weighted by atomic mass is 16.2. The highest BCUT2D eigenvalue weighted by molar-refractivity contribution is 6.03. The number of nitrogens with one attached hydrogen (secondary N) is 2. The molecule has 0 aliphatic rings. The summed E-state index contributed by atoms with van der Waals surface area (Å²) < 4.78 is 0. The lowest BCUT2D eigenvalue weighted by Crippen LogP contribution is -2.43. The number of rotatable bonds is 6. The molecule has 144 valence electrons. The van der Waals surface area contributed by atoms with Crippen LogP contribution in [0.2, 0.25) is 0 Å². The van der Waals surface area contributed by atoms with Crippen LogP contribution in [0.25, 0.3) is 10.9 Å². The second-order valence-electron chi connectivity index (χ2n) is 6.87. The van der Waals surface area contributed by atoms with Gasteiger partial charge in [-0.25, -0.2) is 0 Å². The summed E-state index contributed by atoms with van der Waals surface area (Å²) in [7, 11) is 1.75. The van der Waals surface area contributed by atoms with Crippen molar-refractivity contribution in [2.75, 3.05) is 24.2 Å². The van der Waals surface area contributed by atoms with Gasteiger partial charge in [0.05, 0.1) is 23.8 Å². The van der Waals surface area contributed by atoms with Gasteiger partial charge in [-0.15, -0.1) is 0 Å². The van der Waals surface area contributed by atoms with Crippen molar-refractivity contribution in [1.29, 1.82) is 0 Å². The molecule has 6 heteroatoms. The van der Waals surface area contributed by atoms with E-state index in [0.717, 1.165) is 22.2 Å². The zero-order chi connectivity index (χ0) is 20.1. The Morgan fingerprint density at radius 2 is 1.79 bits per heavy atom. The minimum atomic E-state index is -0.476. The van der Waals surface area contributed by atoms with Crippen LogP contribution in [-0.2, 0) is 9.59 Å². The molecule has 1 aromatic heterocycles. The van der Waals surface area contributed by atoms with Gasteiger partial charge in [0.15, 0.2) is 0 Å². The third kappa shape index (κ3) is 4.72. The van der Waals surface area contributed by atoms with Crippen LogP contribution < -0.4 is 10.6 Å². The number of carbonyl (C=O) groups is 2. The Hall–Kier alpha value is -3.25. The van der Waals surface area contributed by atoms with Crippen molar-refractivity contribution in [3.8, 4) is 0 Å². The number of amides is 2. The first-order valence-electron chi connectivity index (χ1n) is 9.15. The third-order valence-electron chi connectivity index (χ3n) is 4.67. The van der Waals surface area contributed by atoms with Crippen molar-refractivity contribution in [1.82, 2.24) is 9.88 Å².